The maximum absolute atomic E-state index is 10.9. The summed E-state index contributed by atoms with van der Waals surface area (Å²) in [7, 11) is 1.72. The zero-order valence-electron chi connectivity index (χ0n) is 12.7. The van der Waals surface area contributed by atoms with Crippen molar-refractivity contribution in [2.45, 2.75) is 13.5 Å². The number of carbonyl (C=O) groups excluding carboxylic acids is 1. The summed E-state index contributed by atoms with van der Waals surface area (Å²) in [6.45, 7) is 2.42. The molecule has 0 atom stereocenters. The van der Waals surface area contributed by atoms with E-state index in [9.17, 15) is 4.79 Å². The number of nitrogens with two attached hydrogens (primary N) is 1. The average Bonchev–Trinajstić information content (AvgIpc) is 2.89. The highest BCUT2D eigenvalue weighted by molar-refractivity contribution is 6.32. The number of rotatable bonds is 8. The molecule has 23 heavy (non-hydrogen) atoms. The largest absolute Gasteiger partial charge is 0.490 e. The van der Waals surface area contributed by atoms with Gasteiger partial charge in [0.05, 0.1) is 11.6 Å². The molecule has 3 N–H and O–H groups in total. The van der Waals surface area contributed by atoms with E-state index in [-0.39, 0.29) is 12.4 Å². The molecule has 1 heterocycles. The molecule has 0 spiro atoms. The monoisotopic (exact) mass is 340 g/mol. The Hall–Kier alpha value is -2.55. The van der Waals surface area contributed by atoms with Crippen molar-refractivity contribution in [3.8, 4) is 11.5 Å². The average molecular weight is 341 g/mol. The van der Waals surface area contributed by atoms with E-state index < -0.39 is 5.91 Å². The predicted octanol–water partition coefficient (Wildman–Crippen LogP) is 0.738. The third-order valence-corrected chi connectivity index (χ3v) is 3.08. The van der Waals surface area contributed by atoms with Crippen LogP contribution in [0.2, 0.25) is 5.02 Å². The Bertz CT molecular complexity index is 690. The molecule has 2 aromatic rings. The first-order chi connectivity index (χ1) is 11.0. The van der Waals surface area contributed by atoms with Gasteiger partial charge in [0.15, 0.2) is 18.1 Å². The van der Waals surface area contributed by atoms with Crippen molar-refractivity contribution in [3.63, 3.8) is 0 Å². The summed E-state index contributed by atoms with van der Waals surface area (Å²) >= 11 is 6.22. The van der Waals surface area contributed by atoms with Crippen LogP contribution in [0.4, 0.5) is 5.95 Å². The molecule has 0 bridgehead atoms. The number of amides is 1. The van der Waals surface area contributed by atoms with Gasteiger partial charge in [-0.1, -0.05) is 16.7 Å². The molecule has 0 radical (unpaired) electrons. The third-order valence-electron chi connectivity index (χ3n) is 2.80. The van der Waals surface area contributed by atoms with Crippen molar-refractivity contribution in [1.82, 2.24) is 20.2 Å². The molecule has 1 aromatic heterocycles. The topological polar surface area (TPSA) is 117 Å². The van der Waals surface area contributed by atoms with Gasteiger partial charge in [-0.3, -0.25) is 4.79 Å². The second-order valence-corrected chi connectivity index (χ2v) is 4.98. The number of nitrogens with zero attached hydrogens (tertiary/aromatic N) is 4. The van der Waals surface area contributed by atoms with E-state index in [1.807, 2.05) is 6.92 Å². The van der Waals surface area contributed by atoms with Gasteiger partial charge < -0.3 is 20.5 Å². The fourth-order valence-electron chi connectivity index (χ4n) is 1.83. The lowest BCUT2D eigenvalue weighted by molar-refractivity contribution is -0.119. The summed E-state index contributed by atoms with van der Waals surface area (Å²) in [5.74, 6) is 0.655. The Morgan fingerprint density at radius 1 is 1.43 bits per heavy atom. The number of halogens is 1. The minimum atomic E-state index is -0.593. The van der Waals surface area contributed by atoms with E-state index in [2.05, 4.69) is 20.8 Å². The van der Waals surface area contributed by atoms with Gasteiger partial charge in [-0.2, -0.15) is 0 Å². The van der Waals surface area contributed by atoms with Crippen LogP contribution in [-0.4, -0.2) is 39.3 Å². The van der Waals surface area contributed by atoms with Crippen LogP contribution in [0.5, 0.6) is 11.5 Å². The molecule has 0 aliphatic rings. The van der Waals surface area contributed by atoms with Crippen LogP contribution in [0.3, 0.4) is 0 Å². The number of ether oxygens (including phenoxy) is 2. The molecule has 10 heteroatoms. The van der Waals surface area contributed by atoms with Crippen LogP contribution in [0.1, 0.15) is 12.5 Å². The minimum Gasteiger partial charge on any atom is -0.490 e. The van der Waals surface area contributed by atoms with Gasteiger partial charge in [-0.15, -0.1) is 0 Å². The number of anilines is 1. The highest BCUT2D eigenvalue weighted by Crippen LogP contribution is 2.36. The van der Waals surface area contributed by atoms with E-state index in [4.69, 9.17) is 26.8 Å². The number of aromatic nitrogens is 4. The fourth-order valence-corrected chi connectivity index (χ4v) is 2.12. The SMILES string of the molecule is CCOc1cc(CNc2nnnn2C)cc(Cl)c1OCC(N)=O. The summed E-state index contributed by atoms with van der Waals surface area (Å²) in [6.07, 6.45) is 0. The van der Waals surface area contributed by atoms with Crippen LogP contribution < -0.4 is 20.5 Å². The third kappa shape index (κ3) is 4.46. The molecule has 9 nitrogen and oxygen atoms in total. The molecule has 0 saturated heterocycles. The van der Waals surface area contributed by atoms with Crippen molar-refractivity contribution in [2.24, 2.45) is 12.8 Å². The van der Waals surface area contributed by atoms with Crippen molar-refractivity contribution in [3.05, 3.63) is 22.7 Å². The first-order valence-electron chi connectivity index (χ1n) is 6.83. The molecule has 0 aliphatic carbocycles. The second-order valence-electron chi connectivity index (χ2n) is 4.57. The Labute approximate surface area is 137 Å². The quantitative estimate of drug-likeness (QED) is 0.727. The zero-order chi connectivity index (χ0) is 16.8. The molecule has 1 amide bonds. The Balaban J connectivity index is 2.17. The fraction of sp³-hybridized carbons (Fsp3) is 0.385. The van der Waals surface area contributed by atoms with Crippen LogP contribution in [-0.2, 0) is 18.4 Å². The highest BCUT2D eigenvalue weighted by atomic mass is 35.5. The molecule has 0 aliphatic heterocycles. The van der Waals surface area contributed by atoms with E-state index in [1.165, 1.54) is 4.68 Å². The summed E-state index contributed by atoms with van der Waals surface area (Å²) in [6, 6.07) is 3.47. The van der Waals surface area contributed by atoms with Crippen molar-refractivity contribution >= 4 is 23.5 Å². The zero-order valence-corrected chi connectivity index (χ0v) is 13.5. The van der Waals surface area contributed by atoms with Gasteiger partial charge in [0.25, 0.3) is 5.91 Å². The van der Waals surface area contributed by atoms with E-state index >= 15 is 0 Å². The van der Waals surface area contributed by atoms with Gasteiger partial charge >= 0.3 is 0 Å². The summed E-state index contributed by atoms with van der Waals surface area (Å²) in [5.41, 5.74) is 5.92. The van der Waals surface area contributed by atoms with E-state index in [0.29, 0.717) is 29.9 Å². The number of tetrazole rings is 1. The summed E-state index contributed by atoms with van der Waals surface area (Å²) < 4.78 is 12.3. The standard InChI is InChI=1S/C13H17ClN6O3/c1-3-22-10-5-8(6-16-13-17-18-19-20(13)2)4-9(14)12(10)23-7-11(15)21/h4-5H,3,6-7H2,1-2H3,(H2,15,21)(H,16,17,19). The number of nitrogens with one attached hydrogen (secondary N) is 1. The molecule has 0 fully saturated rings. The van der Waals surface area contributed by atoms with Gasteiger partial charge in [-0.25, -0.2) is 4.68 Å². The Morgan fingerprint density at radius 3 is 2.83 bits per heavy atom. The number of hydrogen-bond donors (Lipinski definition) is 2. The number of aryl methyl sites for hydroxylation is 1. The summed E-state index contributed by atoms with van der Waals surface area (Å²) in [4.78, 5) is 10.9. The lowest BCUT2D eigenvalue weighted by atomic mass is 10.2. The van der Waals surface area contributed by atoms with Crippen LogP contribution >= 0.6 is 11.6 Å². The number of hydrogen-bond acceptors (Lipinski definition) is 7. The molecule has 0 saturated carbocycles. The smallest absolute Gasteiger partial charge is 0.255 e. The van der Waals surface area contributed by atoms with Gasteiger partial charge in [-0.05, 0) is 35.0 Å². The number of benzene rings is 1. The molecular weight excluding hydrogens is 324 g/mol. The van der Waals surface area contributed by atoms with Crippen LogP contribution in [0.15, 0.2) is 12.1 Å². The normalized spacial score (nSPS) is 10.4. The first-order valence-corrected chi connectivity index (χ1v) is 7.21. The minimum absolute atomic E-state index is 0.276. The van der Waals surface area contributed by atoms with Crippen molar-refractivity contribution < 1.29 is 14.3 Å². The predicted molar refractivity (Wildman–Crippen MR) is 83.4 cm³/mol. The van der Waals surface area contributed by atoms with E-state index in [0.717, 1.165) is 5.56 Å². The van der Waals surface area contributed by atoms with Crippen LogP contribution in [0.25, 0.3) is 0 Å². The molecule has 0 unspecified atom stereocenters. The molecule has 1 aromatic carbocycles. The van der Waals surface area contributed by atoms with Crippen LogP contribution in [0, 0.1) is 0 Å². The van der Waals surface area contributed by atoms with Gasteiger partial charge in [0.2, 0.25) is 5.95 Å². The lowest BCUT2D eigenvalue weighted by Gasteiger charge is -2.14. The van der Waals surface area contributed by atoms with Crippen molar-refractivity contribution in [2.75, 3.05) is 18.5 Å². The van der Waals surface area contributed by atoms with E-state index in [1.54, 1.807) is 19.2 Å². The first kappa shape index (κ1) is 16.8. The molecule has 2 rings (SSSR count). The Kier molecular flexibility index (Phi) is 5.58. The Morgan fingerprint density at radius 2 is 2.22 bits per heavy atom. The number of carbonyl (C=O) groups is 1. The number of primary amides is 1. The summed E-state index contributed by atoms with van der Waals surface area (Å²) in [5, 5.41) is 14.5. The van der Waals surface area contributed by atoms with Gasteiger partial charge in [0, 0.05) is 13.6 Å². The lowest BCUT2D eigenvalue weighted by Crippen LogP contribution is -2.20. The van der Waals surface area contributed by atoms with Gasteiger partial charge in [0.1, 0.15) is 0 Å². The second kappa shape index (κ2) is 7.63. The molecule has 124 valence electrons. The van der Waals surface area contributed by atoms with Crippen molar-refractivity contribution in [1.29, 1.82) is 0 Å². The highest BCUT2D eigenvalue weighted by Gasteiger charge is 2.14. The molecular formula is C13H17ClN6O3. The maximum Gasteiger partial charge on any atom is 0.255 e. The maximum atomic E-state index is 10.9.